The third-order valence-corrected chi connectivity index (χ3v) is 4.79. The van der Waals surface area contributed by atoms with Gasteiger partial charge in [0.05, 0.1) is 5.02 Å². The van der Waals surface area contributed by atoms with Gasteiger partial charge in [0.2, 0.25) is 5.91 Å². The molecule has 3 rings (SSSR count). The number of nitrogens with one attached hydrogen (secondary N) is 1. The Hall–Kier alpha value is -3.88. The van der Waals surface area contributed by atoms with Crippen LogP contribution in [0.5, 0.6) is 0 Å². The molecule has 2 aromatic carbocycles. The van der Waals surface area contributed by atoms with Crippen LogP contribution < -0.4 is 11.1 Å². The van der Waals surface area contributed by atoms with Crippen molar-refractivity contribution in [3.63, 3.8) is 0 Å². The van der Waals surface area contributed by atoms with Gasteiger partial charge in [-0.05, 0) is 47.5 Å². The van der Waals surface area contributed by atoms with Gasteiger partial charge < -0.3 is 21.3 Å². The first kappa shape index (κ1) is 33.1. The Morgan fingerprint density at radius 2 is 1.28 bits per heavy atom. The molecule has 16 heteroatoms. The highest BCUT2D eigenvalue weighted by molar-refractivity contribution is 6.33. The van der Waals surface area contributed by atoms with E-state index >= 15 is 0 Å². The average molecular weight is 600 g/mol. The minimum atomic E-state index is -5.08. The molecule has 0 aliphatic heterocycles. The summed E-state index contributed by atoms with van der Waals surface area (Å²) in [4.78, 5) is 34.1. The van der Waals surface area contributed by atoms with Crippen LogP contribution in [0.25, 0.3) is 11.1 Å². The van der Waals surface area contributed by atoms with Crippen molar-refractivity contribution < 1.29 is 50.9 Å². The lowest BCUT2D eigenvalue weighted by Gasteiger charge is -2.14. The summed E-state index contributed by atoms with van der Waals surface area (Å²) >= 11 is 12.2. The van der Waals surface area contributed by atoms with Gasteiger partial charge in [-0.25, -0.2) is 9.59 Å². The van der Waals surface area contributed by atoms with E-state index in [4.69, 9.17) is 48.7 Å². The van der Waals surface area contributed by atoms with Gasteiger partial charge in [-0.2, -0.15) is 26.3 Å². The molecule has 1 atom stereocenters. The van der Waals surface area contributed by atoms with Crippen molar-refractivity contribution in [2.24, 2.45) is 5.73 Å². The number of anilines is 1. The van der Waals surface area contributed by atoms with Crippen LogP contribution in [0.4, 0.5) is 32.0 Å². The van der Waals surface area contributed by atoms with Crippen molar-refractivity contribution in [3.05, 3.63) is 82.6 Å². The van der Waals surface area contributed by atoms with E-state index in [9.17, 15) is 31.1 Å². The molecule has 5 N–H and O–H groups in total. The van der Waals surface area contributed by atoms with E-state index in [2.05, 4.69) is 10.3 Å². The lowest BCUT2D eigenvalue weighted by molar-refractivity contribution is -0.193. The predicted octanol–water partition coefficient (Wildman–Crippen LogP) is 5.96. The molecular weight excluding hydrogens is 583 g/mol. The number of nitrogens with two attached hydrogens (primary N) is 1. The monoisotopic (exact) mass is 599 g/mol. The summed E-state index contributed by atoms with van der Waals surface area (Å²) in [6, 6.07) is 15.1. The summed E-state index contributed by atoms with van der Waals surface area (Å²) in [5, 5.41) is 18.2. The average Bonchev–Trinajstić information content (AvgIpc) is 2.84. The van der Waals surface area contributed by atoms with E-state index in [0.717, 1.165) is 11.1 Å². The second-order valence-electron chi connectivity index (χ2n) is 7.05. The van der Waals surface area contributed by atoms with Gasteiger partial charge in [0, 0.05) is 28.7 Å². The summed E-state index contributed by atoms with van der Waals surface area (Å²) in [5.41, 5.74) is 9.08. The highest BCUT2D eigenvalue weighted by atomic mass is 35.5. The molecule has 0 aliphatic carbocycles. The molecule has 0 aliphatic rings. The van der Waals surface area contributed by atoms with Gasteiger partial charge in [0.1, 0.15) is 6.04 Å². The minimum absolute atomic E-state index is 0.324. The van der Waals surface area contributed by atoms with E-state index in [0.29, 0.717) is 21.3 Å². The van der Waals surface area contributed by atoms with Crippen LogP contribution in [0.15, 0.2) is 67.0 Å². The fourth-order valence-electron chi connectivity index (χ4n) is 2.40. The molecule has 0 radical (unpaired) electrons. The molecule has 0 saturated heterocycles. The van der Waals surface area contributed by atoms with E-state index in [1.807, 2.05) is 18.2 Å². The summed E-state index contributed by atoms with van der Waals surface area (Å²) in [7, 11) is 0. The zero-order valence-corrected chi connectivity index (χ0v) is 20.6. The van der Waals surface area contributed by atoms with Gasteiger partial charge in [0.15, 0.2) is 0 Å². The summed E-state index contributed by atoms with van der Waals surface area (Å²) in [6.45, 7) is 0. The number of pyridine rings is 1. The number of rotatable bonds is 4. The lowest BCUT2D eigenvalue weighted by Crippen LogP contribution is -2.27. The number of aliphatic carboxylic acids is 2. The van der Waals surface area contributed by atoms with E-state index < -0.39 is 30.3 Å². The van der Waals surface area contributed by atoms with E-state index in [1.165, 1.54) is 0 Å². The Labute approximate surface area is 226 Å². The molecule has 0 spiro atoms. The number of carboxylic acids is 2. The van der Waals surface area contributed by atoms with E-state index in [1.54, 1.807) is 48.8 Å². The van der Waals surface area contributed by atoms with Gasteiger partial charge in [-0.1, -0.05) is 41.4 Å². The number of carbonyl (C=O) groups excluding carboxylic acids is 1. The highest BCUT2D eigenvalue weighted by Gasteiger charge is 2.38. The first-order valence-electron chi connectivity index (χ1n) is 10.1. The standard InChI is InChI=1S/C19H15Cl2N3O.2C2HF3O2/c20-14-3-1-13(2-4-14)18(22)19(25)24-15-5-6-16(17(21)11-15)12-7-9-23-10-8-12;2*3-2(4,5)1(6)7/h1-11,18H,22H2,(H,24,25);2*(H,6,7). The molecule has 0 saturated carbocycles. The van der Waals surface area contributed by atoms with Crippen LogP contribution in [0.2, 0.25) is 10.0 Å². The normalized spacial score (nSPS) is 11.6. The van der Waals surface area contributed by atoms with Gasteiger partial charge in [-0.15, -0.1) is 0 Å². The third-order valence-electron chi connectivity index (χ3n) is 4.22. The number of aromatic nitrogens is 1. The van der Waals surface area contributed by atoms with Crippen molar-refractivity contribution in [1.82, 2.24) is 4.98 Å². The molecule has 39 heavy (non-hydrogen) atoms. The molecule has 3 aromatic rings. The smallest absolute Gasteiger partial charge is 0.475 e. The lowest BCUT2D eigenvalue weighted by atomic mass is 10.1. The molecule has 0 bridgehead atoms. The molecule has 1 aromatic heterocycles. The minimum Gasteiger partial charge on any atom is -0.475 e. The maximum absolute atomic E-state index is 12.3. The fraction of sp³-hybridized carbons (Fsp3) is 0.130. The number of benzene rings is 2. The molecule has 8 nitrogen and oxygen atoms in total. The number of nitrogens with zero attached hydrogens (tertiary/aromatic N) is 1. The fourth-order valence-corrected chi connectivity index (χ4v) is 2.82. The van der Waals surface area contributed by atoms with Crippen LogP contribution in [-0.2, 0) is 14.4 Å². The summed E-state index contributed by atoms with van der Waals surface area (Å²) in [5.74, 6) is -5.84. The molecule has 1 unspecified atom stereocenters. The van der Waals surface area contributed by atoms with Crippen molar-refractivity contribution in [3.8, 4) is 11.1 Å². The second-order valence-corrected chi connectivity index (χ2v) is 7.90. The molecular formula is C23H17Cl2F6N3O5. The Balaban J connectivity index is 0.000000449. The number of hydrogen-bond acceptors (Lipinski definition) is 5. The number of amides is 1. The topological polar surface area (TPSA) is 143 Å². The molecule has 0 fully saturated rings. The second kappa shape index (κ2) is 14.3. The van der Waals surface area contributed by atoms with Crippen molar-refractivity contribution in [2.75, 3.05) is 5.32 Å². The molecule has 1 amide bonds. The van der Waals surface area contributed by atoms with Crippen LogP contribution >= 0.6 is 23.2 Å². The zero-order chi connectivity index (χ0) is 30.0. The van der Waals surface area contributed by atoms with Crippen molar-refractivity contribution in [1.29, 1.82) is 0 Å². The quantitative estimate of drug-likeness (QED) is 0.271. The van der Waals surface area contributed by atoms with Crippen molar-refractivity contribution in [2.45, 2.75) is 18.4 Å². The SMILES string of the molecule is NC(C(=O)Nc1ccc(-c2ccncc2)c(Cl)c1)c1ccc(Cl)cc1.O=C(O)C(F)(F)F.O=C(O)C(F)(F)F. The van der Waals surface area contributed by atoms with Crippen LogP contribution in [-0.4, -0.2) is 45.4 Å². The number of halogens is 8. The Kier molecular flexibility index (Phi) is 12.2. The summed E-state index contributed by atoms with van der Waals surface area (Å²) in [6.07, 6.45) is -6.76. The van der Waals surface area contributed by atoms with Crippen LogP contribution in [0, 0.1) is 0 Å². The molecule has 1 heterocycles. The van der Waals surface area contributed by atoms with Gasteiger partial charge in [0.25, 0.3) is 0 Å². The number of alkyl halides is 6. The molecule has 210 valence electrons. The van der Waals surface area contributed by atoms with Crippen molar-refractivity contribution >= 4 is 46.7 Å². The highest BCUT2D eigenvalue weighted by Crippen LogP contribution is 2.30. The van der Waals surface area contributed by atoms with Crippen LogP contribution in [0.3, 0.4) is 0 Å². The van der Waals surface area contributed by atoms with Gasteiger partial charge >= 0.3 is 24.3 Å². The maximum Gasteiger partial charge on any atom is 0.490 e. The Morgan fingerprint density at radius 3 is 1.69 bits per heavy atom. The maximum atomic E-state index is 12.3. The number of carbonyl (C=O) groups is 3. The predicted molar refractivity (Wildman–Crippen MR) is 129 cm³/mol. The third kappa shape index (κ3) is 11.6. The first-order valence-corrected chi connectivity index (χ1v) is 10.8. The number of carboxylic acid groups (broad SMARTS) is 2. The van der Waals surface area contributed by atoms with Crippen LogP contribution in [0.1, 0.15) is 11.6 Å². The summed E-state index contributed by atoms with van der Waals surface area (Å²) < 4.78 is 63.5. The number of hydrogen-bond donors (Lipinski definition) is 4. The Bertz CT molecular complexity index is 1250. The first-order chi connectivity index (χ1) is 17.9. The Morgan fingerprint density at radius 1 is 0.821 bits per heavy atom. The van der Waals surface area contributed by atoms with Gasteiger partial charge in [-0.3, -0.25) is 9.78 Å². The van der Waals surface area contributed by atoms with E-state index in [-0.39, 0.29) is 5.91 Å². The largest absolute Gasteiger partial charge is 0.490 e. The zero-order valence-electron chi connectivity index (χ0n) is 19.1.